The Hall–Kier alpha value is -2.75. The van der Waals surface area contributed by atoms with E-state index in [1.165, 1.54) is 0 Å². The Bertz CT molecular complexity index is 900. The summed E-state index contributed by atoms with van der Waals surface area (Å²) < 4.78 is 1.70. The van der Waals surface area contributed by atoms with E-state index < -0.39 is 10.8 Å². The molecule has 2 aromatic heterocycles. The molecule has 0 spiro atoms. The standard InChI is InChI=1S/C12H9BrN6O3/c1-18-7-5-3-2-4-6(7)14-12(18)15-11(20)9-8(13)10(17-16-9)19(21)22/h2-5H,1H3,(H,16,17)(H,14,15,20). The Balaban J connectivity index is 1.93. The molecule has 22 heavy (non-hydrogen) atoms. The van der Waals surface area contributed by atoms with Gasteiger partial charge in [0.25, 0.3) is 5.91 Å². The third kappa shape index (κ3) is 2.22. The number of aromatic nitrogens is 4. The van der Waals surface area contributed by atoms with E-state index in [9.17, 15) is 14.9 Å². The van der Waals surface area contributed by atoms with Crippen LogP contribution in [0.1, 0.15) is 10.5 Å². The minimum Gasteiger partial charge on any atom is -0.358 e. The summed E-state index contributed by atoms with van der Waals surface area (Å²) in [5, 5.41) is 19.2. The topological polar surface area (TPSA) is 119 Å². The molecule has 0 fully saturated rings. The largest absolute Gasteiger partial charge is 0.358 e. The average molecular weight is 365 g/mol. The third-order valence-corrected chi connectivity index (χ3v) is 3.85. The molecule has 0 saturated heterocycles. The van der Waals surface area contributed by atoms with Crippen molar-refractivity contribution in [3.8, 4) is 0 Å². The van der Waals surface area contributed by atoms with Crippen LogP contribution in [0.3, 0.4) is 0 Å². The number of H-pyrrole nitrogens is 1. The summed E-state index contributed by atoms with van der Waals surface area (Å²) in [5.74, 6) is -0.659. The number of hydrogen-bond donors (Lipinski definition) is 2. The second-order valence-electron chi connectivity index (χ2n) is 4.43. The van der Waals surface area contributed by atoms with Gasteiger partial charge in [0.1, 0.15) is 4.47 Å². The first-order chi connectivity index (χ1) is 10.5. The fourth-order valence-electron chi connectivity index (χ4n) is 2.01. The van der Waals surface area contributed by atoms with E-state index in [0.29, 0.717) is 5.95 Å². The number of hydrogen-bond acceptors (Lipinski definition) is 5. The highest BCUT2D eigenvalue weighted by molar-refractivity contribution is 9.10. The third-order valence-electron chi connectivity index (χ3n) is 3.10. The van der Waals surface area contributed by atoms with E-state index in [0.717, 1.165) is 11.0 Å². The number of nitrogens with one attached hydrogen (secondary N) is 2. The summed E-state index contributed by atoms with van der Waals surface area (Å²) in [6.07, 6.45) is 0. The zero-order chi connectivity index (χ0) is 15.9. The molecule has 0 aliphatic carbocycles. The molecular formula is C12H9BrN6O3. The predicted octanol–water partition coefficient (Wildman–Crippen LogP) is 2.22. The number of halogens is 1. The van der Waals surface area contributed by atoms with Crippen molar-refractivity contribution in [2.24, 2.45) is 7.05 Å². The summed E-state index contributed by atoms with van der Waals surface area (Å²) in [7, 11) is 1.76. The van der Waals surface area contributed by atoms with E-state index in [1.54, 1.807) is 11.6 Å². The van der Waals surface area contributed by atoms with Crippen LogP contribution in [0, 0.1) is 10.1 Å². The zero-order valence-corrected chi connectivity index (χ0v) is 12.8. The number of nitro groups is 1. The van der Waals surface area contributed by atoms with Crippen LogP contribution in [-0.4, -0.2) is 30.6 Å². The maximum Gasteiger partial charge on any atom is 0.357 e. The summed E-state index contributed by atoms with van der Waals surface area (Å²) in [5.41, 5.74) is 1.47. The second-order valence-corrected chi connectivity index (χ2v) is 5.22. The fraction of sp³-hybridized carbons (Fsp3) is 0.0833. The van der Waals surface area contributed by atoms with Crippen LogP contribution in [0.4, 0.5) is 11.8 Å². The first-order valence-electron chi connectivity index (χ1n) is 6.10. The number of carbonyl (C=O) groups is 1. The number of imidazole rings is 1. The molecule has 2 heterocycles. The van der Waals surface area contributed by atoms with E-state index in [2.05, 4.69) is 36.4 Å². The van der Waals surface area contributed by atoms with Gasteiger partial charge in [-0.05, 0) is 33.0 Å². The Labute approximate surface area is 131 Å². The van der Waals surface area contributed by atoms with Crippen molar-refractivity contribution in [3.63, 3.8) is 0 Å². The maximum absolute atomic E-state index is 12.2. The van der Waals surface area contributed by atoms with Crippen LogP contribution < -0.4 is 5.32 Å². The summed E-state index contributed by atoms with van der Waals surface area (Å²) in [6, 6.07) is 7.39. The number of rotatable bonds is 3. The lowest BCUT2D eigenvalue weighted by Crippen LogP contribution is -2.16. The molecule has 3 rings (SSSR count). The van der Waals surface area contributed by atoms with Crippen LogP contribution in [-0.2, 0) is 7.05 Å². The van der Waals surface area contributed by atoms with Gasteiger partial charge in [0.05, 0.1) is 11.0 Å². The highest BCUT2D eigenvalue weighted by Crippen LogP contribution is 2.26. The van der Waals surface area contributed by atoms with Gasteiger partial charge >= 0.3 is 5.82 Å². The first-order valence-corrected chi connectivity index (χ1v) is 6.89. The monoisotopic (exact) mass is 364 g/mol. The van der Waals surface area contributed by atoms with Gasteiger partial charge in [0.2, 0.25) is 5.95 Å². The van der Waals surface area contributed by atoms with Crippen molar-refractivity contribution in [2.45, 2.75) is 0 Å². The molecule has 1 aromatic carbocycles. The zero-order valence-electron chi connectivity index (χ0n) is 11.2. The molecule has 9 nitrogen and oxygen atoms in total. The Kier molecular flexibility index (Phi) is 3.37. The molecule has 3 aromatic rings. The van der Waals surface area contributed by atoms with Gasteiger partial charge in [-0.25, -0.2) is 4.98 Å². The molecule has 0 bridgehead atoms. The predicted molar refractivity (Wildman–Crippen MR) is 81.6 cm³/mol. The van der Waals surface area contributed by atoms with Crippen molar-refractivity contribution in [2.75, 3.05) is 5.32 Å². The van der Waals surface area contributed by atoms with Crippen LogP contribution >= 0.6 is 15.9 Å². The van der Waals surface area contributed by atoms with E-state index >= 15 is 0 Å². The van der Waals surface area contributed by atoms with Gasteiger partial charge in [0, 0.05) is 7.05 Å². The Morgan fingerprint density at radius 2 is 2.18 bits per heavy atom. The highest BCUT2D eigenvalue weighted by atomic mass is 79.9. The lowest BCUT2D eigenvalue weighted by molar-refractivity contribution is -0.390. The van der Waals surface area contributed by atoms with Gasteiger partial charge in [0.15, 0.2) is 5.69 Å². The van der Waals surface area contributed by atoms with Gasteiger partial charge in [-0.1, -0.05) is 17.2 Å². The molecule has 10 heteroatoms. The number of aromatic amines is 1. The van der Waals surface area contributed by atoms with Crippen molar-refractivity contribution < 1.29 is 9.72 Å². The number of amides is 1. The van der Waals surface area contributed by atoms with Crippen molar-refractivity contribution in [1.82, 2.24) is 19.7 Å². The molecule has 0 unspecified atom stereocenters. The fourth-order valence-corrected chi connectivity index (χ4v) is 2.51. The number of anilines is 1. The minimum absolute atomic E-state index is 0.00577. The SMILES string of the molecule is Cn1c(NC(=O)c2n[nH]c([N+](=O)[O-])c2Br)nc2ccccc21. The van der Waals surface area contributed by atoms with Crippen LogP contribution in [0.5, 0.6) is 0 Å². The lowest BCUT2D eigenvalue weighted by atomic mass is 10.3. The molecule has 0 aliphatic heterocycles. The van der Waals surface area contributed by atoms with Crippen molar-refractivity contribution >= 4 is 44.6 Å². The lowest BCUT2D eigenvalue weighted by Gasteiger charge is -2.02. The van der Waals surface area contributed by atoms with Gasteiger partial charge in [-0.15, -0.1) is 5.10 Å². The second kappa shape index (κ2) is 5.22. The Morgan fingerprint density at radius 1 is 1.45 bits per heavy atom. The summed E-state index contributed by atoms with van der Waals surface area (Å²) in [6.45, 7) is 0. The normalized spacial score (nSPS) is 10.8. The molecule has 0 radical (unpaired) electrons. The quantitative estimate of drug-likeness (QED) is 0.545. The molecule has 0 saturated carbocycles. The van der Waals surface area contributed by atoms with Crippen molar-refractivity contribution in [1.29, 1.82) is 0 Å². The number of para-hydroxylation sites is 2. The number of aryl methyl sites for hydroxylation is 1. The number of fused-ring (bicyclic) bond motifs is 1. The molecule has 2 N–H and O–H groups in total. The van der Waals surface area contributed by atoms with Crippen LogP contribution in [0.2, 0.25) is 0 Å². The van der Waals surface area contributed by atoms with Crippen molar-refractivity contribution in [3.05, 3.63) is 44.5 Å². The molecule has 1 amide bonds. The maximum atomic E-state index is 12.2. The average Bonchev–Trinajstić information content (AvgIpc) is 3.01. The van der Waals surface area contributed by atoms with E-state index in [1.807, 2.05) is 24.3 Å². The van der Waals surface area contributed by atoms with E-state index in [-0.39, 0.29) is 16.0 Å². The Morgan fingerprint density at radius 3 is 2.82 bits per heavy atom. The molecule has 112 valence electrons. The first kappa shape index (κ1) is 14.2. The van der Waals surface area contributed by atoms with Crippen LogP contribution in [0.25, 0.3) is 11.0 Å². The molecule has 0 atom stereocenters. The van der Waals surface area contributed by atoms with Gasteiger partial charge < -0.3 is 14.7 Å². The van der Waals surface area contributed by atoms with Crippen LogP contribution in [0.15, 0.2) is 28.7 Å². The summed E-state index contributed by atoms with van der Waals surface area (Å²) >= 11 is 3.00. The number of benzene rings is 1. The smallest absolute Gasteiger partial charge is 0.357 e. The molecule has 0 aliphatic rings. The van der Waals surface area contributed by atoms with E-state index in [4.69, 9.17) is 0 Å². The number of nitrogens with zero attached hydrogens (tertiary/aromatic N) is 4. The number of carbonyl (C=O) groups excluding carboxylic acids is 1. The molecular weight excluding hydrogens is 356 g/mol. The van der Waals surface area contributed by atoms with Gasteiger partial charge in [-0.2, -0.15) is 0 Å². The van der Waals surface area contributed by atoms with Gasteiger partial charge in [-0.3, -0.25) is 10.1 Å². The minimum atomic E-state index is -0.664. The summed E-state index contributed by atoms with van der Waals surface area (Å²) in [4.78, 5) is 26.6. The highest BCUT2D eigenvalue weighted by Gasteiger charge is 2.25.